The highest BCUT2D eigenvalue weighted by atomic mass is 79.9. The Labute approximate surface area is 141 Å². The lowest BCUT2D eigenvalue weighted by molar-refractivity contribution is 0.480. The number of fused-ring (bicyclic) bond motifs is 1. The quantitative estimate of drug-likeness (QED) is 0.556. The van der Waals surface area contributed by atoms with Gasteiger partial charge in [-0.2, -0.15) is 0 Å². The van der Waals surface area contributed by atoms with Crippen molar-refractivity contribution in [3.8, 4) is 5.75 Å². The van der Waals surface area contributed by atoms with Crippen LogP contribution in [0.2, 0.25) is 5.02 Å². The summed E-state index contributed by atoms with van der Waals surface area (Å²) >= 11 is 9.60. The number of nitrogens with zero attached hydrogens (tertiary/aromatic N) is 1. The molecule has 0 radical (unpaired) electrons. The van der Waals surface area contributed by atoms with E-state index in [9.17, 15) is 5.11 Å². The van der Waals surface area contributed by atoms with Crippen LogP contribution in [0.5, 0.6) is 5.75 Å². The minimum Gasteiger partial charge on any atom is -0.505 e. The van der Waals surface area contributed by atoms with Crippen molar-refractivity contribution in [1.29, 1.82) is 0 Å². The summed E-state index contributed by atoms with van der Waals surface area (Å²) in [5.41, 5.74) is 4.49. The Morgan fingerprint density at radius 2 is 2.00 bits per heavy atom. The van der Waals surface area contributed by atoms with Gasteiger partial charge in [-0.3, -0.25) is 4.99 Å². The molecule has 0 atom stereocenters. The average Bonchev–Trinajstić information content (AvgIpc) is 2.82. The first-order chi connectivity index (χ1) is 10.5. The SMILES string of the molecule is Cc1cccc(N=Cc2[nH]c3ccc(Br)c(Cl)c3c2O)c1C. The molecule has 0 saturated heterocycles. The molecule has 0 aliphatic rings. The number of aromatic amines is 1. The van der Waals surface area contributed by atoms with Crippen LogP contribution in [0.3, 0.4) is 0 Å². The van der Waals surface area contributed by atoms with E-state index in [0.717, 1.165) is 21.2 Å². The molecule has 2 N–H and O–H groups in total. The van der Waals surface area contributed by atoms with E-state index in [-0.39, 0.29) is 5.75 Å². The number of aliphatic imine (C=N–C) groups is 1. The van der Waals surface area contributed by atoms with Gasteiger partial charge in [-0.25, -0.2) is 0 Å². The number of benzene rings is 2. The second-order valence-corrected chi connectivity index (χ2v) is 6.38. The molecule has 1 heterocycles. The molecule has 0 unspecified atom stereocenters. The molecule has 112 valence electrons. The Kier molecular flexibility index (Phi) is 3.98. The van der Waals surface area contributed by atoms with Crippen LogP contribution < -0.4 is 0 Å². The fraction of sp³-hybridized carbons (Fsp3) is 0.118. The summed E-state index contributed by atoms with van der Waals surface area (Å²) in [6.07, 6.45) is 1.63. The molecule has 0 aliphatic heterocycles. The number of hydrogen-bond acceptors (Lipinski definition) is 2. The van der Waals surface area contributed by atoms with Crippen LogP contribution in [0, 0.1) is 13.8 Å². The molecule has 1 aromatic heterocycles. The average molecular weight is 378 g/mol. The summed E-state index contributed by atoms with van der Waals surface area (Å²) < 4.78 is 0.744. The number of aryl methyl sites for hydroxylation is 1. The van der Waals surface area contributed by atoms with Crippen molar-refractivity contribution in [2.75, 3.05) is 0 Å². The van der Waals surface area contributed by atoms with Gasteiger partial charge in [0.25, 0.3) is 0 Å². The number of halogens is 2. The molecule has 0 bridgehead atoms. The Morgan fingerprint density at radius 1 is 1.23 bits per heavy atom. The minimum atomic E-state index is 0.107. The van der Waals surface area contributed by atoms with Crippen molar-refractivity contribution in [2.24, 2.45) is 4.99 Å². The third-order valence-electron chi connectivity index (χ3n) is 3.76. The lowest BCUT2D eigenvalue weighted by Gasteiger charge is -2.02. The zero-order chi connectivity index (χ0) is 15.9. The zero-order valence-corrected chi connectivity index (χ0v) is 14.5. The lowest BCUT2D eigenvalue weighted by Crippen LogP contribution is -1.84. The molecule has 3 rings (SSSR count). The van der Waals surface area contributed by atoms with Crippen molar-refractivity contribution in [3.05, 3.63) is 56.6 Å². The van der Waals surface area contributed by atoms with Crippen molar-refractivity contribution in [2.45, 2.75) is 13.8 Å². The summed E-state index contributed by atoms with van der Waals surface area (Å²) in [7, 11) is 0. The van der Waals surface area contributed by atoms with Gasteiger partial charge < -0.3 is 10.1 Å². The van der Waals surface area contributed by atoms with Gasteiger partial charge in [0, 0.05) is 4.47 Å². The van der Waals surface area contributed by atoms with Gasteiger partial charge in [0.1, 0.15) is 5.69 Å². The number of rotatable bonds is 2. The third-order valence-corrected chi connectivity index (χ3v) is 5.05. The van der Waals surface area contributed by atoms with Crippen LogP contribution in [0.1, 0.15) is 16.8 Å². The maximum absolute atomic E-state index is 10.4. The van der Waals surface area contributed by atoms with Gasteiger partial charge in [-0.1, -0.05) is 23.7 Å². The van der Waals surface area contributed by atoms with Crippen LogP contribution in [0.15, 0.2) is 39.8 Å². The van der Waals surface area contributed by atoms with E-state index in [0.29, 0.717) is 16.1 Å². The molecule has 22 heavy (non-hydrogen) atoms. The van der Waals surface area contributed by atoms with Crippen LogP contribution >= 0.6 is 27.5 Å². The maximum atomic E-state index is 10.4. The van der Waals surface area contributed by atoms with Crippen LogP contribution in [0.4, 0.5) is 5.69 Å². The highest BCUT2D eigenvalue weighted by Crippen LogP contribution is 2.38. The number of aromatic nitrogens is 1. The normalized spacial score (nSPS) is 11.6. The fourth-order valence-electron chi connectivity index (χ4n) is 2.33. The Balaban J connectivity index is 2.08. The predicted molar refractivity (Wildman–Crippen MR) is 95.8 cm³/mol. The largest absolute Gasteiger partial charge is 0.505 e. The van der Waals surface area contributed by atoms with Gasteiger partial charge in [0.15, 0.2) is 5.75 Å². The summed E-state index contributed by atoms with van der Waals surface area (Å²) in [4.78, 5) is 7.61. The van der Waals surface area contributed by atoms with Crippen molar-refractivity contribution in [1.82, 2.24) is 4.98 Å². The Hall–Kier alpha value is -1.78. The van der Waals surface area contributed by atoms with E-state index in [1.54, 1.807) is 6.21 Å². The van der Waals surface area contributed by atoms with E-state index in [1.165, 1.54) is 5.56 Å². The molecule has 0 spiro atoms. The molecular formula is C17H14BrClN2O. The molecule has 0 amide bonds. The Morgan fingerprint density at radius 3 is 2.77 bits per heavy atom. The second-order valence-electron chi connectivity index (χ2n) is 5.15. The van der Waals surface area contributed by atoms with Crippen LogP contribution in [0.25, 0.3) is 10.9 Å². The summed E-state index contributed by atoms with van der Waals surface area (Å²) in [5, 5.41) is 11.4. The van der Waals surface area contributed by atoms with Crippen LogP contribution in [-0.4, -0.2) is 16.3 Å². The van der Waals surface area contributed by atoms with Crippen molar-refractivity contribution in [3.63, 3.8) is 0 Å². The van der Waals surface area contributed by atoms with E-state index in [2.05, 4.69) is 25.9 Å². The van der Waals surface area contributed by atoms with Gasteiger partial charge in [0.05, 0.1) is 27.8 Å². The highest BCUT2D eigenvalue weighted by Gasteiger charge is 2.14. The molecule has 0 aliphatic carbocycles. The molecule has 2 aromatic carbocycles. The van der Waals surface area contributed by atoms with Gasteiger partial charge in [0.2, 0.25) is 0 Å². The number of nitrogens with one attached hydrogen (secondary N) is 1. The fourth-order valence-corrected chi connectivity index (χ4v) is 2.91. The molecule has 0 fully saturated rings. The molecular weight excluding hydrogens is 364 g/mol. The number of hydrogen-bond donors (Lipinski definition) is 2. The van der Waals surface area contributed by atoms with Gasteiger partial charge in [-0.05, 0) is 59.1 Å². The van der Waals surface area contributed by atoms with Gasteiger partial charge in [-0.15, -0.1) is 0 Å². The first kappa shape index (κ1) is 15.1. The molecule has 5 heteroatoms. The van der Waals surface area contributed by atoms with Crippen LogP contribution in [-0.2, 0) is 0 Å². The zero-order valence-electron chi connectivity index (χ0n) is 12.1. The second kappa shape index (κ2) is 5.78. The van der Waals surface area contributed by atoms with E-state index in [4.69, 9.17) is 11.6 Å². The topological polar surface area (TPSA) is 48.4 Å². The summed E-state index contributed by atoms with van der Waals surface area (Å²) in [6.45, 7) is 4.08. The predicted octanol–water partition coefficient (Wildman–Crippen LogP) is 5.66. The summed E-state index contributed by atoms with van der Waals surface area (Å²) in [5.74, 6) is 0.107. The number of H-pyrrole nitrogens is 1. The standard InChI is InChI=1S/C17H14BrClN2O/c1-9-4-3-5-12(10(9)2)20-8-14-17(22)15-13(21-14)7-6-11(18)16(15)19/h3-8,21-22H,1-2H3. The highest BCUT2D eigenvalue weighted by molar-refractivity contribution is 9.10. The summed E-state index contributed by atoms with van der Waals surface area (Å²) in [6, 6.07) is 9.66. The lowest BCUT2D eigenvalue weighted by atomic mass is 10.1. The first-order valence-electron chi connectivity index (χ1n) is 6.78. The monoisotopic (exact) mass is 376 g/mol. The molecule has 0 saturated carbocycles. The van der Waals surface area contributed by atoms with Crippen molar-refractivity contribution < 1.29 is 5.11 Å². The van der Waals surface area contributed by atoms with Crippen molar-refractivity contribution >= 4 is 50.3 Å². The molecule has 3 nitrogen and oxygen atoms in total. The van der Waals surface area contributed by atoms with E-state index < -0.39 is 0 Å². The smallest absolute Gasteiger partial charge is 0.151 e. The van der Waals surface area contributed by atoms with E-state index in [1.807, 2.05) is 44.2 Å². The van der Waals surface area contributed by atoms with E-state index >= 15 is 0 Å². The first-order valence-corrected chi connectivity index (χ1v) is 7.95. The maximum Gasteiger partial charge on any atom is 0.151 e. The minimum absolute atomic E-state index is 0.107. The third kappa shape index (κ3) is 2.53. The number of aromatic hydroxyl groups is 1. The molecule has 3 aromatic rings. The Bertz CT molecular complexity index is 899. The van der Waals surface area contributed by atoms with Gasteiger partial charge >= 0.3 is 0 Å².